The smallest absolute Gasteiger partial charge is 0.261 e. The molecule has 3 N–H and O–H groups in total. The number of rotatable bonds is 5. The van der Waals surface area contributed by atoms with Crippen LogP contribution in [0.15, 0.2) is 30.3 Å². The lowest BCUT2D eigenvalue weighted by Gasteiger charge is -2.31. The van der Waals surface area contributed by atoms with E-state index in [0.29, 0.717) is 12.5 Å². The Labute approximate surface area is 124 Å². The molecule has 2 rings (SSSR count). The van der Waals surface area contributed by atoms with Gasteiger partial charge in [-0.05, 0) is 36.8 Å². The second-order valence-corrected chi connectivity index (χ2v) is 7.05. The van der Waals surface area contributed by atoms with Crippen molar-refractivity contribution in [3.63, 3.8) is 0 Å². The summed E-state index contributed by atoms with van der Waals surface area (Å²) in [5.41, 5.74) is 5.50. The molecule has 2 aromatic rings. The molecule has 0 aliphatic heterocycles. The Kier molecular flexibility index (Phi) is 4.45. The highest BCUT2D eigenvalue weighted by Crippen LogP contribution is 2.26. The molecule has 0 saturated carbocycles. The third-order valence-corrected chi connectivity index (χ3v) is 4.49. The van der Waals surface area contributed by atoms with Gasteiger partial charge < -0.3 is 11.1 Å². The van der Waals surface area contributed by atoms with Crippen LogP contribution in [0.3, 0.4) is 0 Å². The van der Waals surface area contributed by atoms with Gasteiger partial charge in [0.15, 0.2) is 0 Å². The Bertz CT molecular complexity index is 572. The van der Waals surface area contributed by atoms with Gasteiger partial charge in [-0.25, -0.2) is 0 Å². The van der Waals surface area contributed by atoms with E-state index in [4.69, 9.17) is 5.73 Å². The number of amides is 1. The quantitative estimate of drug-likeness (QED) is 0.886. The summed E-state index contributed by atoms with van der Waals surface area (Å²) < 4.78 is 1.14. The molecule has 0 saturated heterocycles. The zero-order valence-corrected chi connectivity index (χ0v) is 13.1. The largest absolute Gasteiger partial charge is 0.345 e. The first-order valence-electron chi connectivity index (χ1n) is 6.95. The summed E-state index contributed by atoms with van der Waals surface area (Å²) in [6.07, 6.45) is 0.875. The maximum Gasteiger partial charge on any atom is 0.261 e. The molecule has 1 heterocycles. The number of fused-ring (bicyclic) bond motifs is 1. The van der Waals surface area contributed by atoms with Crippen molar-refractivity contribution in [3.8, 4) is 0 Å². The zero-order chi connectivity index (χ0) is 14.8. The average molecular weight is 290 g/mol. The van der Waals surface area contributed by atoms with Gasteiger partial charge in [0.05, 0.1) is 10.4 Å². The second kappa shape index (κ2) is 5.94. The molecule has 1 atom stereocenters. The molecule has 20 heavy (non-hydrogen) atoms. The molecule has 108 valence electrons. The van der Waals surface area contributed by atoms with E-state index >= 15 is 0 Å². The number of carbonyl (C=O) groups excluding carboxylic acids is 1. The zero-order valence-electron chi connectivity index (χ0n) is 12.3. The molecule has 4 heteroatoms. The first kappa shape index (κ1) is 15.0. The van der Waals surface area contributed by atoms with Gasteiger partial charge in [0.1, 0.15) is 0 Å². The fourth-order valence-corrected chi connectivity index (χ4v) is 3.47. The van der Waals surface area contributed by atoms with Gasteiger partial charge in [0, 0.05) is 11.2 Å². The number of thiophene rings is 1. The summed E-state index contributed by atoms with van der Waals surface area (Å²) in [5, 5.41) is 4.21. The summed E-state index contributed by atoms with van der Waals surface area (Å²) in [7, 11) is 0. The van der Waals surface area contributed by atoms with Crippen LogP contribution in [0, 0.1) is 5.92 Å². The molecule has 1 aromatic heterocycles. The first-order valence-corrected chi connectivity index (χ1v) is 7.76. The third kappa shape index (κ3) is 3.38. The average Bonchev–Trinajstić information content (AvgIpc) is 2.81. The minimum absolute atomic E-state index is 0.0280. The van der Waals surface area contributed by atoms with Crippen LogP contribution in [0.2, 0.25) is 0 Å². The number of benzene rings is 1. The highest BCUT2D eigenvalue weighted by atomic mass is 32.1. The molecular formula is C16H22N2OS. The molecule has 0 radical (unpaired) electrons. The first-order chi connectivity index (χ1) is 9.43. The van der Waals surface area contributed by atoms with Crippen molar-refractivity contribution in [2.24, 2.45) is 11.7 Å². The number of hydrogen-bond acceptors (Lipinski definition) is 3. The summed E-state index contributed by atoms with van der Waals surface area (Å²) in [6, 6.07) is 9.98. The highest BCUT2D eigenvalue weighted by Gasteiger charge is 2.26. The molecule has 0 fully saturated rings. The van der Waals surface area contributed by atoms with Gasteiger partial charge in [-0.2, -0.15) is 0 Å². The van der Waals surface area contributed by atoms with Crippen molar-refractivity contribution >= 4 is 27.3 Å². The Balaban J connectivity index is 2.18. The third-order valence-electron chi connectivity index (χ3n) is 3.37. The number of nitrogens with one attached hydrogen (secondary N) is 1. The van der Waals surface area contributed by atoms with E-state index in [2.05, 4.69) is 19.2 Å². The standard InChI is InChI=1S/C16H22N2OS/c1-11(2)9-16(3,10-17)18-15(19)14-8-12-6-4-5-7-13(12)20-14/h4-8,11H,9-10,17H2,1-3H3,(H,18,19). The van der Waals surface area contributed by atoms with E-state index < -0.39 is 0 Å². The predicted molar refractivity (Wildman–Crippen MR) is 86.2 cm³/mol. The Morgan fingerprint density at radius 3 is 2.70 bits per heavy atom. The highest BCUT2D eigenvalue weighted by molar-refractivity contribution is 7.20. The second-order valence-electron chi connectivity index (χ2n) is 5.97. The summed E-state index contributed by atoms with van der Waals surface area (Å²) >= 11 is 1.52. The Hall–Kier alpha value is -1.39. The molecule has 1 aromatic carbocycles. The number of hydrogen-bond donors (Lipinski definition) is 2. The van der Waals surface area contributed by atoms with Crippen molar-refractivity contribution in [1.29, 1.82) is 0 Å². The summed E-state index contributed by atoms with van der Waals surface area (Å²) in [6.45, 7) is 6.74. The molecule has 3 nitrogen and oxygen atoms in total. The fraction of sp³-hybridized carbons (Fsp3) is 0.438. The monoisotopic (exact) mass is 290 g/mol. The van der Waals surface area contributed by atoms with Crippen LogP contribution in [0.5, 0.6) is 0 Å². The van der Waals surface area contributed by atoms with Crippen LogP contribution in [0.25, 0.3) is 10.1 Å². The minimum Gasteiger partial charge on any atom is -0.345 e. The molecule has 0 bridgehead atoms. The molecule has 0 aliphatic rings. The van der Waals surface area contributed by atoms with E-state index in [1.807, 2.05) is 37.3 Å². The predicted octanol–water partition coefficient (Wildman–Crippen LogP) is 3.39. The molecule has 1 amide bonds. The van der Waals surface area contributed by atoms with Crippen LogP contribution in [0.1, 0.15) is 36.9 Å². The number of nitrogens with two attached hydrogens (primary N) is 1. The van der Waals surface area contributed by atoms with Crippen molar-refractivity contribution < 1.29 is 4.79 Å². The Morgan fingerprint density at radius 1 is 1.40 bits per heavy atom. The van der Waals surface area contributed by atoms with Crippen molar-refractivity contribution in [2.45, 2.75) is 32.7 Å². The molecular weight excluding hydrogens is 268 g/mol. The van der Waals surface area contributed by atoms with Crippen molar-refractivity contribution in [1.82, 2.24) is 5.32 Å². The van der Waals surface area contributed by atoms with Crippen LogP contribution in [-0.2, 0) is 0 Å². The fourth-order valence-electron chi connectivity index (χ4n) is 2.52. The van der Waals surface area contributed by atoms with E-state index in [9.17, 15) is 4.79 Å². The molecule has 1 unspecified atom stereocenters. The molecule has 0 spiro atoms. The van der Waals surface area contributed by atoms with Gasteiger partial charge in [-0.15, -0.1) is 11.3 Å². The maximum absolute atomic E-state index is 12.4. The Morgan fingerprint density at radius 2 is 2.10 bits per heavy atom. The van der Waals surface area contributed by atoms with Crippen LogP contribution >= 0.6 is 11.3 Å². The summed E-state index contributed by atoms with van der Waals surface area (Å²) in [5.74, 6) is 0.464. The summed E-state index contributed by atoms with van der Waals surface area (Å²) in [4.78, 5) is 13.2. The lowest BCUT2D eigenvalue weighted by atomic mass is 9.90. The molecule has 0 aliphatic carbocycles. The van der Waals surface area contributed by atoms with Gasteiger partial charge in [0.2, 0.25) is 0 Å². The van der Waals surface area contributed by atoms with E-state index in [-0.39, 0.29) is 11.4 Å². The van der Waals surface area contributed by atoms with Crippen molar-refractivity contribution in [2.75, 3.05) is 6.54 Å². The van der Waals surface area contributed by atoms with E-state index in [1.165, 1.54) is 11.3 Å². The van der Waals surface area contributed by atoms with Gasteiger partial charge >= 0.3 is 0 Å². The van der Waals surface area contributed by atoms with Gasteiger partial charge in [0.25, 0.3) is 5.91 Å². The normalized spacial score (nSPS) is 14.4. The number of carbonyl (C=O) groups is 1. The van der Waals surface area contributed by atoms with E-state index in [0.717, 1.165) is 21.4 Å². The lowest BCUT2D eigenvalue weighted by molar-refractivity contribution is 0.0902. The topological polar surface area (TPSA) is 55.1 Å². The van der Waals surface area contributed by atoms with Gasteiger partial charge in [-0.1, -0.05) is 32.0 Å². The van der Waals surface area contributed by atoms with Gasteiger partial charge in [-0.3, -0.25) is 4.79 Å². The minimum atomic E-state index is -0.346. The SMILES string of the molecule is CC(C)CC(C)(CN)NC(=O)c1cc2ccccc2s1. The maximum atomic E-state index is 12.4. The van der Waals surface area contributed by atoms with Crippen LogP contribution in [-0.4, -0.2) is 18.0 Å². The van der Waals surface area contributed by atoms with E-state index in [1.54, 1.807) is 0 Å². The lowest BCUT2D eigenvalue weighted by Crippen LogP contribution is -2.52. The van der Waals surface area contributed by atoms with Crippen LogP contribution < -0.4 is 11.1 Å². The van der Waals surface area contributed by atoms with Crippen LogP contribution in [0.4, 0.5) is 0 Å². The van der Waals surface area contributed by atoms with Crippen molar-refractivity contribution in [3.05, 3.63) is 35.2 Å².